The molecule has 6 amide bonds. The molecule has 4 bridgehead atoms. The molecule has 6 N–H and O–H groups in total. The highest BCUT2D eigenvalue weighted by molar-refractivity contribution is 8.00. The van der Waals surface area contributed by atoms with E-state index in [9.17, 15) is 24.0 Å². The van der Waals surface area contributed by atoms with Gasteiger partial charge in [-0.1, -0.05) is 32.1 Å². The number of amides is 6. The fourth-order valence-electron chi connectivity index (χ4n) is 10.3. The number of hydrogen-bond donors (Lipinski definition) is 6. The molecular weight excluding hydrogens is 773 g/mol. The van der Waals surface area contributed by atoms with E-state index < -0.39 is 0 Å². The molecule has 0 aromatic heterocycles. The molecule has 14 nitrogen and oxygen atoms in total. The summed E-state index contributed by atoms with van der Waals surface area (Å²) in [7, 11) is 0. The van der Waals surface area contributed by atoms with Crippen LogP contribution in [0.3, 0.4) is 0 Å². The number of nitrogens with one attached hydrogen (secondary N) is 6. The third-order valence-corrected chi connectivity index (χ3v) is 14.4. The topological polar surface area (TPSA) is 185 Å². The van der Waals surface area contributed by atoms with Crippen LogP contribution in [0.15, 0.2) is 0 Å². The van der Waals surface area contributed by atoms with Gasteiger partial charge < -0.3 is 46.1 Å². The van der Waals surface area contributed by atoms with E-state index in [-0.39, 0.29) is 41.3 Å². The first-order chi connectivity index (χ1) is 28.8. The number of fused-ring (bicyclic) bond motifs is 1. The van der Waals surface area contributed by atoms with Crippen molar-refractivity contribution in [2.45, 2.75) is 152 Å². The molecule has 4 saturated carbocycles. The van der Waals surface area contributed by atoms with Gasteiger partial charge in [0.05, 0.1) is 38.5 Å². The van der Waals surface area contributed by atoms with E-state index in [4.69, 9.17) is 14.2 Å². The second-order valence-corrected chi connectivity index (χ2v) is 19.2. The largest absolute Gasteiger partial charge is 0.379 e. The Kier molecular flexibility index (Phi) is 21.4. The summed E-state index contributed by atoms with van der Waals surface area (Å²) < 4.78 is 16.7. The van der Waals surface area contributed by atoms with Crippen LogP contribution < -0.4 is 31.9 Å². The molecule has 2 heterocycles. The third kappa shape index (κ3) is 17.3. The molecule has 0 unspecified atom stereocenters. The Bertz CT molecular complexity index is 1270. The molecule has 4 aliphatic carbocycles. The van der Waals surface area contributed by atoms with E-state index in [1.807, 2.05) is 11.8 Å². The summed E-state index contributed by atoms with van der Waals surface area (Å²) in [6.07, 6.45) is 20.1. The van der Waals surface area contributed by atoms with Gasteiger partial charge in [-0.05, 0) is 101 Å². The summed E-state index contributed by atoms with van der Waals surface area (Å²) in [6.45, 7) is 5.64. The highest BCUT2D eigenvalue weighted by Crippen LogP contribution is 2.60. The Morgan fingerprint density at radius 3 is 1.59 bits per heavy atom. The first-order valence-electron chi connectivity index (χ1n) is 23.3. The zero-order valence-electron chi connectivity index (χ0n) is 35.8. The first kappa shape index (κ1) is 47.4. The van der Waals surface area contributed by atoms with E-state index in [1.165, 1.54) is 19.3 Å². The van der Waals surface area contributed by atoms with E-state index in [0.29, 0.717) is 103 Å². The molecule has 6 fully saturated rings. The Labute approximate surface area is 357 Å². The highest BCUT2D eigenvalue weighted by Gasteiger charge is 2.54. The highest BCUT2D eigenvalue weighted by atomic mass is 32.2. The van der Waals surface area contributed by atoms with Crippen LogP contribution in [0.5, 0.6) is 0 Å². The molecule has 0 radical (unpaired) electrons. The molecule has 336 valence electrons. The number of hydrogen-bond acceptors (Lipinski definition) is 9. The van der Waals surface area contributed by atoms with Crippen molar-refractivity contribution in [3.63, 3.8) is 0 Å². The second-order valence-electron chi connectivity index (χ2n) is 17.9. The van der Waals surface area contributed by atoms with Crippen LogP contribution in [0.1, 0.15) is 135 Å². The molecule has 3 atom stereocenters. The van der Waals surface area contributed by atoms with Crippen molar-refractivity contribution in [1.29, 1.82) is 0 Å². The lowest BCUT2D eigenvalue weighted by Crippen LogP contribution is -2.53. The van der Waals surface area contributed by atoms with Crippen LogP contribution in [0.4, 0.5) is 4.79 Å². The predicted molar refractivity (Wildman–Crippen MR) is 230 cm³/mol. The summed E-state index contributed by atoms with van der Waals surface area (Å²) in [5, 5.41) is 18.5. The lowest BCUT2D eigenvalue weighted by atomic mass is 9.49. The Balaban J connectivity index is 0.687. The number of thioether (sulfide) groups is 1. The van der Waals surface area contributed by atoms with Gasteiger partial charge in [-0.25, -0.2) is 4.79 Å². The Morgan fingerprint density at radius 1 is 0.559 bits per heavy atom. The van der Waals surface area contributed by atoms with E-state index >= 15 is 0 Å². The average molecular weight is 849 g/mol. The van der Waals surface area contributed by atoms with E-state index in [1.54, 1.807) is 0 Å². The van der Waals surface area contributed by atoms with Gasteiger partial charge in [0.2, 0.25) is 23.6 Å². The van der Waals surface area contributed by atoms with Gasteiger partial charge in [0.1, 0.15) is 0 Å². The number of unbranched alkanes of at least 4 members (excludes halogenated alkanes) is 6. The molecular formula is C44H76N6O8S. The lowest BCUT2D eigenvalue weighted by Gasteiger charge is -2.55. The molecule has 2 saturated heterocycles. The maximum absolute atomic E-state index is 13.1. The minimum absolute atomic E-state index is 0.00613. The van der Waals surface area contributed by atoms with Crippen LogP contribution in [-0.2, 0) is 33.4 Å². The first-order valence-corrected chi connectivity index (χ1v) is 24.3. The molecule has 59 heavy (non-hydrogen) atoms. The van der Waals surface area contributed by atoms with Gasteiger partial charge >= 0.3 is 6.03 Å². The van der Waals surface area contributed by atoms with Crippen molar-refractivity contribution >= 4 is 41.4 Å². The van der Waals surface area contributed by atoms with Gasteiger partial charge in [0.25, 0.3) is 0 Å². The molecule has 6 aliphatic rings. The maximum Gasteiger partial charge on any atom is 0.315 e. The Morgan fingerprint density at radius 2 is 1.03 bits per heavy atom. The fourth-order valence-corrected chi connectivity index (χ4v) is 11.8. The van der Waals surface area contributed by atoms with Crippen molar-refractivity contribution in [3.8, 4) is 0 Å². The van der Waals surface area contributed by atoms with Crippen LogP contribution in [0.2, 0.25) is 0 Å². The summed E-state index contributed by atoms with van der Waals surface area (Å²) in [5.74, 6) is 3.75. The van der Waals surface area contributed by atoms with Gasteiger partial charge in [0.15, 0.2) is 0 Å². The molecule has 6 rings (SSSR count). The number of urea groups is 1. The number of carbonyl (C=O) groups excluding carboxylic acids is 5. The molecule has 15 heteroatoms. The summed E-state index contributed by atoms with van der Waals surface area (Å²) in [5.41, 5.74) is -0.0388. The fraction of sp³-hybridized carbons (Fsp3) is 0.886. The van der Waals surface area contributed by atoms with E-state index in [0.717, 1.165) is 114 Å². The van der Waals surface area contributed by atoms with Crippen LogP contribution in [0.25, 0.3) is 0 Å². The van der Waals surface area contributed by atoms with Gasteiger partial charge in [-0.3, -0.25) is 19.2 Å². The molecule has 2 aliphatic heterocycles. The van der Waals surface area contributed by atoms with Crippen LogP contribution >= 0.6 is 11.8 Å². The van der Waals surface area contributed by atoms with Crippen molar-refractivity contribution in [3.05, 3.63) is 0 Å². The zero-order chi connectivity index (χ0) is 41.5. The minimum Gasteiger partial charge on any atom is -0.379 e. The predicted octanol–water partition coefficient (Wildman–Crippen LogP) is 4.73. The van der Waals surface area contributed by atoms with Crippen LogP contribution in [-0.4, -0.2) is 119 Å². The maximum atomic E-state index is 13.1. The van der Waals surface area contributed by atoms with Crippen LogP contribution in [0, 0.1) is 23.2 Å². The minimum atomic E-state index is -0.0592. The van der Waals surface area contributed by atoms with Gasteiger partial charge in [-0.15, -0.1) is 0 Å². The monoisotopic (exact) mass is 849 g/mol. The van der Waals surface area contributed by atoms with Crippen molar-refractivity contribution in [2.75, 3.05) is 71.6 Å². The summed E-state index contributed by atoms with van der Waals surface area (Å²) in [6, 6.07) is 0.410. The zero-order valence-corrected chi connectivity index (χ0v) is 36.6. The van der Waals surface area contributed by atoms with Gasteiger partial charge in [0, 0.05) is 75.1 Å². The number of carbonyl (C=O) groups is 5. The van der Waals surface area contributed by atoms with Crippen molar-refractivity contribution < 1.29 is 38.2 Å². The lowest BCUT2D eigenvalue weighted by molar-refractivity contribution is -0.146. The summed E-state index contributed by atoms with van der Waals surface area (Å²) >= 11 is 1.91. The second kappa shape index (κ2) is 26.7. The van der Waals surface area contributed by atoms with Crippen molar-refractivity contribution in [1.82, 2.24) is 31.9 Å². The number of ether oxygens (including phenoxy) is 3. The number of rotatable bonds is 33. The molecule has 0 aromatic rings. The smallest absolute Gasteiger partial charge is 0.315 e. The Hall–Kier alpha value is -2.62. The normalized spacial score (nSPS) is 26.3. The standard InChI is InChI=1S/C44H76N6O8S/c51-38(13-6-5-12-37-41-36(32-59-37)49-43(55)50-41)46-18-10-20-56-22-24-58-25-23-57-21-11-19-47-40(53)15-9-14-39(52)45-16-7-3-1-2-4-8-17-48-42(54)44-29-33-26-34(30-44)28-35(27-33)31-44/h33-37,41H,1-32H2,(H,45,52)(H,46,51)(H,47,53)(H,48,54)(H2,49,50,55)/t33?,34?,35?,36-,37-,41-,44?/m0/s1. The van der Waals surface area contributed by atoms with E-state index in [2.05, 4.69) is 31.9 Å². The quantitative estimate of drug-likeness (QED) is 0.0402. The third-order valence-electron chi connectivity index (χ3n) is 12.9. The SMILES string of the molecule is O=C(CCCC[C@@H]1SC[C@@H]2NC(=O)N[C@@H]21)NCCCOCCOCCOCCCNC(=O)CCCC(=O)NCCCCCCCCNC(=O)C12CC3CC(CC(C3)C1)C2. The molecule has 0 aromatic carbocycles. The van der Waals surface area contributed by atoms with Crippen molar-refractivity contribution in [2.24, 2.45) is 23.2 Å². The van der Waals surface area contributed by atoms with Gasteiger partial charge in [-0.2, -0.15) is 11.8 Å². The average Bonchev–Trinajstić information content (AvgIpc) is 3.77. The summed E-state index contributed by atoms with van der Waals surface area (Å²) in [4.78, 5) is 60.9. The molecule has 0 spiro atoms.